The molecule has 3 aliphatic rings. The number of ether oxygens (including phenoxy) is 2. The number of nitrogens with zero attached hydrogens (tertiary/aromatic N) is 2. The average Bonchev–Trinajstić information content (AvgIpc) is 3.74. The molecule has 3 heterocycles. The average molecular weight is 654 g/mol. The van der Waals surface area contributed by atoms with Crippen LogP contribution in [0.15, 0.2) is 65.6 Å². The number of thiocarbonyl (C=S) groups is 1. The van der Waals surface area contributed by atoms with E-state index in [0.29, 0.717) is 28.8 Å². The monoisotopic (exact) mass is 653 g/mol. The number of hydrogen-bond acceptors (Lipinski definition) is 7. The van der Waals surface area contributed by atoms with E-state index < -0.39 is 5.97 Å². The molecule has 2 fully saturated rings. The Labute approximate surface area is 277 Å². The van der Waals surface area contributed by atoms with Crippen molar-refractivity contribution in [1.82, 2.24) is 14.8 Å². The van der Waals surface area contributed by atoms with Gasteiger partial charge >= 0.3 is 5.97 Å². The number of fused-ring (bicyclic) bond motifs is 3. The molecule has 4 aromatic rings. The first-order chi connectivity index (χ1) is 22.4. The fourth-order valence-corrected chi connectivity index (χ4v) is 7.72. The fourth-order valence-electron chi connectivity index (χ4n) is 6.41. The fraction of sp³-hybridized carbons (Fsp3) is 0.306. The van der Waals surface area contributed by atoms with E-state index in [2.05, 4.69) is 34.1 Å². The number of carboxylic acids is 1. The third kappa shape index (κ3) is 6.48. The summed E-state index contributed by atoms with van der Waals surface area (Å²) in [6, 6.07) is 19.4. The van der Waals surface area contributed by atoms with E-state index in [9.17, 15) is 9.59 Å². The van der Waals surface area contributed by atoms with Crippen molar-refractivity contribution >= 4 is 57.2 Å². The number of aromatic carboxylic acids is 1. The zero-order valence-corrected chi connectivity index (χ0v) is 27.1. The number of morpholine rings is 1. The number of rotatable bonds is 10. The standard InChI is InChI=1S/C36H35N3O5S2/c40-34-33(46-36(45)39(34)13-12-23-4-7-25(8-5-23)35(41)42)21-24-6-11-32(44-19-16-38-14-17-43-18-15-38)28(20-24)26-9-10-31-29(22-26)27-2-1-3-30(27)37-31/h4-11,20-22,37H,1-3,12-19H2,(H,41,42). The molecule has 0 spiro atoms. The highest BCUT2D eigenvalue weighted by Gasteiger charge is 2.31. The normalized spacial score (nSPS) is 17.7. The predicted octanol–water partition coefficient (Wildman–Crippen LogP) is 6.18. The number of carboxylic acid groups (broad SMARTS) is 1. The van der Waals surface area contributed by atoms with Crippen LogP contribution in [0.1, 0.15) is 39.2 Å². The Morgan fingerprint density at radius 3 is 2.67 bits per heavy atom. The summed E-state index contributed by atoms with van der Waals surface area (Å²) in [5, 5.41) is 10.4. The van der Waals surface area contributed by atoms with Gasteiger partial charge in [-0.2, -0.15) is 0 Å². The van der Waals surface area contributed by atoms with Crippen molar-refractivity contribution in [2.24, 2.45) is 0 Å². The summed E-state index contributed by atoms with van der Waals surface area (Å²) in [7, 11) is 0. The number of amides is 1. The zero-order chi connectivity index (χ0) is 31.6. The van der Waals surface area contributed by atoms with E-state index in [4.69, 9.17) is 26.8 Å². The van der Waals surface area contributed by atoms with E-state index in [1.807, 2.05) is 18.2 Å². The molecule has 2 aliphatic heterocycles. The maximum absolute atomic E-state index is 13.5. The van der Waals surface area contributed by atoms with Gasteiger partial charge in [0, 0.05) is 48.3 Å². The topological polar surface area (TPSA) is 95.1 Å². The molecular weight excluding hydrogens is 619 g/mol. The van der Waals surface area contributed by atoms with Crippen LogP contribution in [0.2, 0.25) is 0 Å². The molecule has 46 heavy (non-hydrogen) atoms. The second kappa shape index (κ2) is 13.4. The van der Waals surface area contributed by atoms with Crippen LogP contribution in [0.4, 0.5) is 0 Å². The van der Waals surface area contributed by atoms with Gasteiger partial charge < -0.3 is 19.6 Å². The maximum Gasteiger partial charge on any atom is 0.335 e. The zero-order valence-electron chi connectivity index (χ0n) is 25.4. The van der Waals surface area contributed by atoms with Gasteiger partial charge in [0.25, 0.3) is 5.91 Å². The van der Waals surface area contributed by atoms with Gasteiger partial charge in [-0.3, -0.25) is 14.6 Å². The summed E-state index contributed by atoms with van der Waals surface area (Å²) in [5.74, 6) is -0.259. The number of aromatic amines is 1. The molecule has 2 N–H and O–H groups in total. The Bertz CT molecular complexity index is 1840. The highest BCUT2D eigenvalue weighted by Crippen LogP contribution is 2.38. The van der Waals surface area contributed by atoms with Crippen molar-refractivity contribution in [3.05, 3.63) is 93.5 Å². The molecule has 10 heteroatoms. The molecule has 3 aromatic carbocycles. The van der Waals surface area contributed by atoms with E-state index >= 15 is 0 Å². The minimum atomic E-state index is -0.960. The molecule has 0 unspecified atom stereocenters. The molecule has 1 aromatic heterocycles. The van der Waals surface area contributed by atoms with Crippen LogP contribution in [0, 0.1) is 0 Å². The minimum Gasteiger partial charge on any atom is -0.492 e. The Kier molecular flexibility index (Phi) is 8.95. The van der Waals surface area contributed by atoms with Gasteiger partial charge in [0.15, 0.2) is 0 Å². The van der Waals surface area contributed by atoms with Crippen LogP contribution in [0.5, 0.6) is 5.75 Å². The molecule has 2 saturated heterocycles. The molecule has 1 aliphatic carbocycles. The van der Waals surface area contributed by atoms with Gasteiger partial charge in [0.2, 0.25) is 0 Å². The van der Waals surface area contributed by atoms with Gasteiger partial charge in [-0.1, -0.05) is 48.2 Å². The van der Waals surface area contributed by atoms with Crippen molar-refractivity contribution in [2.75, 3.05) is 46.0 Å². The van der Waals surface area contributed by atoms with Gasteiger partial charge in [0.05, 0.1) is 23.7 Å². The summed E-state index contributed by atoms with van der Waals surface area (Å²) in [6.45, 7) is 5.18. The first-order valence-corrected chi connectivity index (χ1v) is 16.9. The second-order valence-corrected chi connectivity index (χ2v) is 13.5. The molecule has 0 radical (unpaired) electrons. The summed E-state index contributed by atoms with van der Waals surface area (Å²) in [4.78, 5) is 32.8. The van der Waals surface area contributed by atoms with E-state index in [-0.39, 0.29) is 11.5 Å². The van der Waals surface area contributed by atoms with Crippen molar-refractivity contribution in [3.8, 4) is 16.9 Å². The molecular formula is C36H35N3O5S2. The summed E-state index contributed by atoms with van der Waals surface area (Å²) in [5.41, 5.74) is 8.10. The SMILES string of the molecule is O=C(O)c1ccc(CCN2C(=O)C(=Cc3ccc(OCCN4CCOCC4)c(-c4ccc5[nH]c6c(c5c4)CCC6)c3)SC2=S)cc1. The molecule has 1 amide bonds. The summed E-state index contributed by atoms with van der Waals surface area (Å²) >= 11 is 6.91. The van der Waals surface area contributed by atoms with Crippen molar-refractivity contribution in [3.63, 3.8) is 0 Å². The van der Waals surface area contributed by atoms with E-state index in [0.717, 1.165) is 73.7 Å². The molecule has 0 atom stereocenters. The number of carbonyl (C=O) groups is 2. The molecule has 0 bridgehead atoms. The van der Waals surface area contributed by atoms with Crippen LogP contribution >= 0.6 is 24.0 Å². The lowest BCUT2D eigenvalue weighted by atomic mass is 9.99. The first-order valence-electron chi connectivity index (χ1n) is 15.7. The van der Waals surface area contributed by atoms with Gasteiger partial charge in [0.1, 0.15) is 16.7 Å². The highest BCUT2D eigenvalue weighted by molar-refractivity contribution is 8.26. The highest BCUT2D eigenvalue weighted by atomic mass is 32.2. The maximum atomic E-state index is 13.5. The van der Waals surface area contributed by atoms with Crippen LogP contribution in [0.3, 0.4) is 0 Å². The van der Waals surface area contributed by atoms with Gasteiger partial charge in [-0.15, -0.1) is 0 Å². The third-order valence-corrected chi connectivity index (χ3v) is 10.3. The summed E-state index contributed by atoms with van der Waals surface area (Å²) < 4.78 is 12.4. The van der Waals surface area contributed by atoms with Crippen LogP contribution in [-0.4, -0.2) is 82.1 Å². The molecule has 236 valence electrons. The number of aromatic nitrogens is 1. The van der Waals surface area contributed by atoms with Crippen molar-refractivity contribution in [2.45, 2.75) is 25.7 Å². The third-order valence-electron chi connectivity index (χ3n) is 8.93. The molecule has 0 saturated carbocycles. The predicted molar refractivity (Wildman–Crippen MR) is 185 cm³/mol. The number of benzene rings is 3. The minimum absolute atomic E-state index is 0.117. The Morgan fingerprint density at radius 1 is 1.04 bits per heavy atom. The van der Waals surface area contributed by atoms with Crippen LogP contribution < -0.4 is 4.74 Å². The lowest BCUT2D eigenvalue weighted by molar-refractivity contribution is -0.122. The Morgan fingerprint density at radius 2 is 1.87 bits per heavy atom. The summed E-state index contributed by atoms with van der Waals surface area (Å²) in [6.07, 6.45) is 5.86. The van der Waals surface area contributed by atoms with Crippen molar-refractivity contribution < 1.29 is 24.2 Å². The smallest absolute Gasteiger partial charge is 0.335 e. The second-order valence-electron chi connectivity index (χ2n) is 11.8. The van der Waals surface area contributed by atoms with E-state index in [1.165, 1.54) is 40.3 Å². The number of nitrogens with one attached hydrogen (secondary N) is 1. The quantitative estimate of drug-likeness (QED) is 0.155. The number of thioether (sulfide) groups is 1. The molecule has 8 nitrogen and oxygen atoms in total. The van der Waals surface area contributed by atoms with Crippen molar-refractivity contribution in [1.29, 1.82) is 0 Å². The van der Waals surface area contributed by atoms with Gasteiger partial charge in [-0.25, -0.2) is 4.79 Å². The Balaban J connectivity index is 1.13. The lowest BCUT2D eigenvalue weighted by Gasteiger charge is -2.26. The number of aryl methyl sites for hydroxylation is 2. The molecule has 7 rings (SSSR count). The van der Waals surface area contributed by atoms with E-state index in [1.54, 1.807) is 29.2 Å². The van der Waals surface area contributed by atoms with Gasteiger partial charge in [-0.05, 0) is 90.4 Å². The van der Waals surface area contributed by atoms with Crippen LogP contribution in [0.25, 0.3) is 28.1 Å². The van der Waals surface area contributed by atoms with Crippen LogP contribution in [-0.2, 0) is 28.8 Å². The number of carbonyl (C=O) groups excluding carboxylic acids is 1. The largest absolute Gasteiger partial charge is 0.492 e. The Hall–Kier alpha value is -3.96. The number of hydrogen-bond donors (Lipinski definition) is 2. The first kappa shape index (κ1) is 30.7. The number of H-pyrrole nitrogens is 1. The lowest BCUT2D eigenvalue weighted by Crippen LogP contribution is -2.38.